The number of aromatic nitrogens is 2. The normalized spacial score (nSPS) is 11.3. The molecule has 0 unspecified atom stereocenters. The van der Waals surface area contributed by atoms with Crippen LogP contribution in [0.25, 0.3) is 17.0 Å². The summed E-state index contributed by atoms with van der Waals surface area (Å²) < 4.78 is 7.88. The number of nitrogens with zero attached hydrogens (tertiary/aromatic N) is 3. The minimum absolute atomic E-state index is 0.0187. The van der Waals surface area contributed by atoms with Gasteiger partial charge in [-0.05, 0) is 30.7 Å². The number of fused-ring (bicyclic) bond motifs is 1. The standard InChI is InChI=1S/C24H19ClN4O2S/c25-20-7-2-4-9-22(20)31-12-5-11-29-16-18(19-6-1-3-8-21(19)29)14-17(15-26)23(30)28-24-27-10-13-32-24/h1-4,6-10,13-14,16H,5,11-12H2,(H,27,28,30)/b17-14-. The number of nitrogens with one attached hydrogen (secondary N) is 1. The molecule has 0 spiro atoms. The molecular weight excluding hydrogens is 444 g/mol. The summed E-state index contributed by atoms with van der Waals surface area (Å²) in [5.74, 6) is 0.187. The molecule has 2 aromatic heterocycles. The lowest BCUT2D eigenvalue weighted by Gasteiger charge is -2.09. The molecule has 1 amide bonds. The van der Waals surface area contributed by atoms with Crippen LogP contribution >= 0.6 is 22.9 Å². The summed E-state index contributed by atoms with van der Waals surface area (Å²) in [4.78, 5) is 16.5. The van der Waals surface area contributed by atoms with Crippen molar-refractivity contribution in [1.82, 2.24) is 9.55 Å². The van der Waals surface area contributed by atoms with Gasteiger partial charge in [-0.25, -0.2) is 4.98 Å². The number of rotatable bonds is 8. The maximum Gasteiger partial charge on any atom is 0.268 e. The first kappa shape index (κ1) is 21.6. The van der Waals surface area contributed by atoms with Crippen LogP contribution in [0.15, 0.2) is 71.9 Å². The summed E-state index contributed by atoms with van der Waals surface area (Å²) in [6.45, 7) is 1.23. The third-order valence-electron chi connectivity index (χ3n) is 4.77. The predicted molar refractivity (Wildman–Crippen MR) is 128 cm³/mol. The van der Waals surface area contributed by atoms with E-state index in [1.165, 1.54) is 11.3 Å². The number of ether oxygens (including phenoxy) is 1. The van der Waals surface area contributed by atoms with Gasteiger partial charge in [0.15, 0.2) is 5.13 Å². The van der Waals surface area contributed by atoms with E-state index in [0.29, 0.717) is 29.1 Å². The Morgan fingerprint density at radius 1 is 1.25 bits per heavy atom. The molecule has 2 aromatic carbocycles. The Kier molecular flexibility index (Phi) is 6.85. The Morgan fingerprint density at radius 3 is 2.84 bits per heavy atom. The van der Waals surface area contributed by atoms with Gasteiger partial charge in [0, 0.05) is 40.8 Å². The molecule has 4 rings (SSSR count). The highest BCUT2D eigenvalue weighted by Gasteiger charge is 2.13. The Labute approximate surface area is 194 Å². The fourth-order valence-electron chi connectivity index (χ4n) is 3.31. The molecule has 6 nitrogen and oxygen atoms in total. The zero-order valence-corrected chi connectivity index (χ0v) is 18.6. The SMILES string of the molecule is N#C/C(=C/c1cn(CCCOc2ccccc2Cl)c2ccccc12)C(=O)Nc1nccs1. The molecule has 0 fully saturated rings. The number of para-hydroxylation sites is 2. The summed E-state index contributed by atoms with van der Waals surface area (Å²) in [7, 11) is 0. The van der Waals surface area contributed by atoms with Gasteiger partial charge in [-0.2, -0.15) is 5.26 Å². The first-order valence-electron chi connectivity index (χ1n) is 9.93. The van der Waals surface area contributed by atoms with Gasteiger partial charge in [0.1, 0.15) is 17.4 Å². The van der Waals surface area contributed by atoms with Crippen LogP contribution in [0.1, 0.15) is 12.0 Å². The second kappa shape index (κ2) is 10.1. The first-order chi connectivity index (χ1) is 15.7. The van der Waals surface area contributed by atoms with Crippen LogP contribution in [0.5, 0.6) is 5.75 Å². The Balaban J connectivity index is 1.50. The van der Waals surface area contributed by atoms with Crippen molar-refractivity contribution in [1.29, 1.82) is 5.26 Å². The number of nitriles is 1. The van der Waals surface area contributed by atoms with Crippen molar-refractivity contribution in [2.24, 2.45) is 0 Å². The highest BCUT2D eigenvalue weighted by atomic mass is 35.5. The van der Waals surface area contributed by atoms with Crippen molar-refractivity contribution < 1.29 is 9.53 Å². The number of halogens is 1. The van der Waals surface area contributed by atoms with Gasteiger partial charge >= 0.3 is 0 Å². The quantitative estimate of drug-likeness (QED) is 0.205. The van der Waals surface area contributed by atoms with Crippen molar-refractivity contribution in [2.75, 3.05) is 11.9 Å². The molecule has 0 atom stereocenters. The van der Waals surface area contributed by atoms with E-state index in [4.69, 9.17) is 16.3 Å². The molecular formula is C24H19ClN4O2S. The molecule has 32 heavy (non-hydrogen) atoms. The maximum atomic E-state index is 12.5. The second-order valence-corrected chi connectivity index (χ2v) is 8.19. The zero-order chi connectivity index (χ0) is 22.3. The third-order valence-corrected chi connectivity index (χ3v) is 5.78. The summed E-state index contributed by atoms with van der Waals surface area (Å²) in [6.07, 6.45) is 5.93. The number of aryl methyl sites for hydroxylation is 1. The molecule has 0 aliphatic heterocycles. The molecule has 1 N–H and O–H groups in total. The summed E-state index contributed by atoms with van der Waals surface area (Å²) in [5.41, 5.74) is 1.85. The molecule has 0 bridgehead atoms. The van der Waals surface area contributed by atoms with Crippen LogP contribution in [0.4, 0.5) is 5.13 Å². The third kappa shape index (κ3) is 4.99. The van der Waals surface area contributed by atoms with Crippen molar-refractivity contribution in [2.45, 2.75) is 13.0 Å². The lowest BCUT2D eigenvalue weighted by atomic mass is 10.1. The van der Waals surface area contributed by atoms with Gasteiger partial charge < -0.3 is 9.30 Å². The molecule has 0 saturated heterocycles. The summed E-state index contributed by atoms with van der Waals surface area (Å²) in [6, 6.07) is 17.3. The zero-order valence-electron chi connectivity index (χ0n) is 17.0. The number of hydrogen-bond donors (Lipinski definition) is 1. The summed E-state index contributed by atoms with van der Waals surface area (Å²) >= 11 is 7.43. The van der Waals surface area contributed by atoms with Gasteiger partial charge in [-0.3, -0.25) is 10.1 Å². The maximum absolute atomic E-state index is 12.5. The van der Waals surface area contributed by atoms with Gasteiger partial charge in [-0.1, -0.05) is 41.9 Å². The largest absolute Gasteiger partial charge is 0.492 e. The minimum atomic E-state index is -0.479. The smallest absolute Gasteiger partial charge is 0.268 e. The Morgan fingerprint density at radius 2 is 2.06 bits per heavy atom. The van der Waals surface area contributed by atoms with Crippen LogP contribution in [0.2, 0.25) is 5.02 Å². The number of anilines is 1. The van der Waals surface area contributed by atoms with Crippen LogP contribution < -0.4 is 10.1 Å². The number of benzene rings is 2. The highest BCUT2D eigenvalue weighted by molar-refractivity contribution is 7.13. The molecule has 0 aliphatic carbocycles. The van der Waals surface area contributed by atoms with E-state index in [0.717, 1.165) is 22.9 Å². The Bertz CT molecular complexity index is 1310. The van der Waals surface area contributed by atoms with Crippen LogP contribution in [0.3, 0.4) is 0 Å². The first-order valence-corrected chi connectivity index (χ1v) is 11.2. The second-order valence-electron chi connectivity index (χ2n) is 6.89. The Hall–Kier alpha value is -3.60. The molecule has 160 valence electrons. The molecule has 0 aliphatic rings. The lowest BCUT2D eigenvalue weighted by molar-refractivity contribution is -0.112. The van der Waals surface area contributed by atoms with Gasteiger partial charge in [0.05, 0.1) is 11.6 Å². The van der Waals surface area contributed by atoms with E-state index in [1.807, 2.05) is 54.7 Å². The van der Waals surface area contributed by atoms with Crippen molar-refractivity contribution >= 4 is 51.0 Å². The van der Waals surface area contributed by atoms with E-state index >= 15 is 0 Å². The van der Waals surface area contributed by atoms with Gasteiger partial charge in [0.25, 0.3) is 5.91 Å². The van der Waals surface area contributed by atoms with Gasteiger partial charge in [0.2, 0.25) is 0 Å². The van der Waals surface area contributed by atoms with Gasteiger partial charge in [-0.15, -0.1) is 11.3 Å². The number of carbonyl (C=O) groups excluding carboxylic acids is 1. The number of carbonyl (C=O) groups is 1. The number of amides is 1. The average molecular weight is 463 g/mol. The van der Waals surface area contributed by atoms with E-state index in [-0.39, 0.29) is 5.57 Å². The number of hydrogen-bond acceptors (Lipinski definition) is 5. The van der Waals surface area contributed by atoms with Crippen LogP contribution in [-0.4, -0.2) is 22.1 Å². The fraction of sp³-hybridized carbons (Fsp3) is 0.125. The number of thiazole rings is 1. The molecule has 2 heterocycles. The average Bonchev–Trinajstić information content (AvgIpc) is 3.44. The molecule has 0 saturated carbocycles. The van der Waals surface area contributed by atoms with E-state index in [9.17, 15) is 10.1 Å². The van der Waals surface area contributed by atoms with E-state index in [1.54, 1.807) is 23.7 Å². The van der Waals surface area contributed by atoms with Crippen LogP contribution in [-0.2, 0) is 11.3 Å². The predicted octanol–water partition coefficient (Wildman–Crippen LogP) is 5.77. The minimum Gasteiger partial charge on any atom is -0.492 e. The van der Waals surface area contributed by atoms with Crippen molar-refractivity contribution in [3.63, 3.8) is 0 Å². The monoisotopic (exact) mass is 462 g/mol. The van der Waals surface area contributed by atoms with E-state index < -0.39 is 5.91 Å². The molecule has 0 radical (unpaired) electrons. The topological polar surface area (TPSA) is 79.9 Å². The van der Waals surface area contributed by atoms with E-state index in [2.05, 4.69) is 14.9 Å². The molecule has 4 aromatic rings. The lowest BCUT2D eigenvalue weighted by Crippen LogP contribution is -2.13. The van der Waals surface area contributed by atoms with Crippen molar-refractivity contribution in [3.8, 4) is 11.8 Å². The van der Waals surface area contributed by atoms with Crippen LogP contribution in [0, 0.1) is 11.3 Å². The molecule has 8 heteroatoms. The fourth-order valence-corrected chi connectivity index (χ4v) is 4.02. The highest BCUT2D eigenvalue weighted by Crippen LogP contribution is 2.25. The summed E-state index contributed by atoms with van der Waals surface area (Å²) in [5, 5.41) is 16.0. The van der Waals surface area contributed by atoms with Crippen molar-refractivity contribution in [3.05, 3.63) is 82.5 Å².